The highest BCUT2D eigenvalue weighted by molar-refractivity contribution is 6.10. The lowest BCUT2D eigenvalue weighted by Crippen LogP contribution is -2.19. The number of aromatic nitrogens is 1. The molecule has 0 atom stereocenters. The van der Waals surface area contributed by atoms with Crippen LogP contribution >= 0.6 is 0 Å². The predicted octanol–water partition coefficient (Wildman–Crippen LogP) is 2.79. The van der Waals surface area contributed by atoms with Crippen LogP contribution < -0.4 is 10.5 Å². The van der Waals surface area contributed by atoms with Crippen molar-refractivity contribution in [3.05, 3.63) is 53.9 Å². The van der Waals surface area contributed by atoms with E-state index >= 15 is 0 Å². The lowest BCUT2D eigenvalue weighted by atomic mass is 10.1. The third kappa shape index (κ3) is 3.25. The van der Waals surface area contributed by atoms with Gasteiger partial charge in [-0.1, -0.05) is 6.07 Å². The van der Waals surface area contributed by atoms with Gasteiger partial charge in [-0.3, -0.25) is 9.78 Å². The van der Waals surface area contributed by atoms with E-state index in [4.69, 9.17) is 5.73 Å². The number of hydrogen-bond acceptors (Lipinski definition) is 4. The van der Waals surface area contributed by atoms with Gasteiger partial charge in [-0.05, 0) is 30.3 Å². The van der Waals surface area contributed by atoms with E-state index in [0.29, 0.717) is 0 Å². The number of halogens is 3. The maximum Gasteiger partial charge on any atom is 0.573 e. The predicted molar refractivity (Wildman–Crippen MR) is 65.2 cm³/mol. The Hall–Kier alpha value is -2.57. The summed E-state index contributed by atoms with van der Waals surface area (Å²) in [7, 11) is 0. The number of alkyl halides is 3. The first-order valence-electron chi connectivity index (χ1n) is 5.48. The van der Waals surface area contributed by atoms with E-state index in [0.717, 1.165) is 12.1 Å². The van der Waals surface area contributed by atoms with Crippen molar-refractivity contribution in [3.8, 4) is 5.75 Å². The van der Waals surface area contributed by atoms with Crippen LogP contribution in [0.3, 0.4) is 0 Å². The van der Waals surface area contributed by atoms with Gasteiger partial charge >= 0.3 is 6.36 Å². The molecule has 1 heterocycles. The summed E-state index contributed by atoms with van der Waals surface area (Å²) >= 11 is 0. The van der Waals surface area contributed by atoms with Crippen LogP contribution in [0.2, 0.25) is 0 Å². The SMILES string of the molecule is Nc1ccc(OC(F)(F)F)c(C(=O)c2ccccn2)c1. The minimum absolute atomic E-state index is 0.00474. The Morgan fingerprint density at radius 2 is 1.95 bits per heavy atom. The van der Waals surface area contributed by atoms with Crippen LogP contribution in [-0.4, -0.2) is 17.1 Å². The zero-order valence-corrected chi connectivity index (χ0v) is 10.0. The van der Waals surface area contributed by atoms with Gasteiger partial charge < -0.3 is 10.5 Å². The van der Waals surface area contributed by atoms with Gasteiger partial charge in [-0.2, -0.15) is 0 Å². The Morgan fingerprint density at radius 3 is 2.55 bits per heavy atom. The van der Waals surface area contributed by atoms with E-state index in [1.54, 1.807) is 12.1 Å². The number of nitrogens with two attached hydrogens (primary N) is 1. The lowest BCUT2D eigenvalue weighted by Gasteiger charge is -2.13. The fourth-order valence-electron chi connectivity index (χ4n) is 1.57. The number of carbonyl (C=O) groups excluding carboxylic acids is 1. The average Bonchev–Trinajstić information content (AvgIpc) is 2.39. The molecule has 0 aliphatic carbocycles. The third-order valence-corrected chi connectivity index (χ3v) is 2.37. The largest absolute Gasteiger partial charge is 0.573 e. The molecule has 0 fully saturated rings. The van der Waals surface area contributed by atoms with Crippen LogP contribution in [-0.2, 0) is 0 Å². The number of ketones is 1. The molecule has 0 amide bonds. The van der Waals surface area contributed by atoms with Gasteiger partial charge in [-0.15, -0.1) is 13.2 Å². The Labute approximate surface area is 112 Å². The summed E-state index contributed by atoms with van der Waals surface area (Å²) in [4.78, 5) is 15.9. The number of hydrogen-bond donors (Lipinski definition) is 1. The van der Waals surface area contributed by atoms with E-state index in [2.05, 4.69) is 9.72 Å². The Bertz CT molecular complexity index is 627. The summed E-state index contributed by atoms with van der Waals surface area (Å²) in [5.74, 6) is -1.31. The second-order valence-corrected chi connectivity index (χ2v) is 3.85. The molecule has 104 valence electrons. The second-order valence-electron chi connectivity index (χ2n) is 3.85. The molecule has 0 aliphatic rings. The molecule has 2 rings (SSSR count). The molecule has 4 nitrogen and oxygen atoms in total. The summed E-state index contributed by atoms with van der Waals surface area (Å²) < 4.78 is 40.7. The van der Waals surface area contributed by atoms with Crippen molar-refractivity contribution in [2.75, 3.05) is 5.73 Å². The molecule has 2 N–H and O–H groups in total. The molecule has 0 saturated heterocycles. The summed E-state index contributed by atoms with van der Waals surface area (Å²) in [5.41, 5.74) is 5.36. The maximum atomic E-state index is 12.3. The fraction of sp³-hybridized carbons (Fsp3) is 0.0769. The second kappa shape index (κ2) is 5.20. The van der Waals surface area contributed by atoms with Gasteiger partial charge in [0.15, 0.2) is 0 Å². The maximum absolute atomic E-state index is 12.3. The van der Waals surface area contributed by atoms with Crippen LogP contribution in [0.25, 0.3) is 0 Å². The minimum atomic E-state index is -4.89. The summed E-state index contributed by atoms with van der Waals surface area (Å²) in [6.07, 6.45) is -3.53. The first kappa shape index (κ1) is 13.9. The number of ether oxygens (including phenoxy) is 1. The molecule has 0 bridgehead atoms. The van der Waals surface area contributed by atoms with Crippen molar-refractivity contribution >= 4 is 11.5 Å². The van der Waals surface area contributed by atoms with Gasteiger partial charge in [0, 0.05) is 11.9 Å². The van der Waals surface area contributed by atoms with E-state index in [-0.39, 0.29) is 16.9 Å². The van der Waals surface area contributed by atoms with Crippen LogP contribution in [0.15, 0.2) is 42.6 Å². The molecule has 0 spiro atoms. The quantitative estimate of drug-likeness (QED) is 0.694. The molecule has 1 aromatic carbocycles. The van der Waals surface area contributed by atoms with Gasteiger partial charge in [-0.25, -0.2) is 0 Å². The zero-order chi connectivity index (χ0) is 14.8. The van der Waals surface area contributed by atoms with Crippen molar-refractivity contribution in [2.45, 2.75) is 6.36 Å². The molecule has 0 unspecified atom stereocenters. The smallest absolute Gasteiger partial charge is 0.405 e. The number of nitrogen functional groups attached to an aromatic ring is 1. The zero-order valence-electron chi connectivity index (χ0n) is 10.0. The number of benzene rings is 1. The first-order valence-corrected chi connectivity index (χ1v) is 5.48. The highest BCUT2D eigenvalue weighted by Crippen LogP contribution is 2.29. The molecule has 0 aliphatic heterocycles. The molecule has 20 heavy (non-hydrogen) atoms. The van der Waals surface area contributed by atoms with E-state index in [1.165, 1.54) is 18.3 Å². The van der Waals surface area contributed by atoms with Crippen LogP contribution in [0.5, 0.6) is 5.75 Å². The molecule has 0 radical (unpaired) electrons. The van der Waals surface area contributed by atoms with Gasteiger partial charge in [0.1, 0.15) is 11.4 Å². The molecule has 7 heteroatoms. The molecule has 1 aromatic heterocycles. The standard InChI is InChI=1S/C13H9F3N2O2/c14-13(15,16)20-11-5-4-8(17)7-9(11)12(19)10-3-1-2-6-18-10/h1-7H,17H2. The van der Waals surface area contributed by atoms with Gasteiger partial charge in [0.05, 0.1) is 5.56 Å². The van der Waals surface area contributed by atoms with Gasteiger partial charge in [0.25, 0.3) is 0 Å². The molecular weight excluding hydrogens is 273 g/mol. The summed E-state index contributed by atoms with van der Waals surface area (Å²) in [6, 6.07) is 7.87. The Morgan fingerprint density at radius 1 is 1.20 bits per heavy atom. The van der Waals surface area contributed by atoms with Crippen molar-refractivity contribution in [2.24, 2.45) is 0 Å². The summed E-state index contributed by atoms with van der Waals surface area (Å²) in [6.45, 7) is 0. The topological polar surface area (TPSA) is 65.2 Å². The Balaban J connectivity index is 2.44. The fourth-order valence-corrected chi connectivity index (χ4v) is 1.57. The van der Waals surface area contributed by atoms with Crippen molar-refractivity contribution < 1.29 is 22.7 Å². The molecule has 2 aromatic rings. The normalized spacial score (nSPS) is 11.2. The van der Waals surface area contributed by atoms with E-state index in [1.807, 2.05) is 0 Å². The monoisotopic (exact) mass is 282 g/mol. The molecular formula is C13H9F3N2O2. The first-order chi connectivity index (χ1) is 9.37. The highest BCUT2D eigenvalue weighted by Gasteiger charge is 2.33. The van der Waals surface area contributed by atoms with Crippen LogP contribution in [0, 0.1) is 0 Å². The highest BCUT2D eigenvalue weighted by atomic mass is 19.4. The number of pyridine rings is 1. The third-order valence-electron chi connectivity index (χ3n) is 2.37. The number of nitrogens with zero attached hydrogens (tertiary/aromatic N) is 1. The van der Waals surface area contributed by atoms with Gasteiger partial charge in [0.2, 0.25) is 5.78 Å². The number of carbonyl (C=O) groups is 1. The molecule has 0 saturated carbocycles. The van der Waals surface area contributed by atoms with Crippen molar-refractivity contribution in [1.29, 1.82) is 0 Å². The van der Waals surface area contributed by atoms with Crippen LogP contribution in [0.1, 0.15) is 16.1 Å². The number of rotatable bonds is 3. The van der Waals surface area contributed by atoms with E-state index < -0.39 is 17.9 Å². The van der Waals surface area contributed by atoms with Crippen molar-refractivity contribution in [1.82, 2.24) is 4.98 Å². The lowest BCUT2D eigenvalue weighted by molar-refractivity contribution is -0.274. The average molecular weight is 282 g/mol. The number of anilines is 1. The summed E-state index contributed by atoms with van der Waals surface area (Å²) in [5, 5.41) is 0. The van der Waals surface area contributed by atoms with Crippen LogP contribution in [0.4, 0.5) is 18.9 Å². The van der Waals surface area contributed by atoms with E-state index in [9.17, 15) is 18.0 Å². The Kier molecular flexibility index (Phi) is 3.60. The minimum Gasteiger partial charge on any atom is -0.405 e. The van der Waals surface area contributed by atoms with Crippen molar-refractivity contribution in [3.63, 3.8) is 0 Å².